The largest absolute Gasteiger partial charge is 0.483 e. The van der Waals surface area contributed by atoms with Crippen LogP contribution in [-0.4, -0.2) is 18.4 Å². The van der Waals surface area contributed by atoms with Gasteiger partial charge in [-0.3, -0.25) is 20.4 Å². The molecule has 2 amide bonds. The van der Waals surface area contributed by atoms with Crippen molar-refractivity contribution < 1.29 is 14.3 Å². The van der Waals surface area contributed by atoms with Gasteiger partial charge in [0.25, 0.3) is 11.8 Å². The van der Waals surface area contributed by atoms with Crippen LogP contribution in [0.3, 0.4) is 0 Å². The maximum Gasteiger partial charge on any atom is 0.279 e. The molecular weight excluding hydrogens is 348 g/mol. The van der Waals surface area contributed by atoms with Crippen LogP contribution in [0.25, 0.3) is 0 Å². The fourth-order valence-corrected chi connectivity index (χ4v) is 3.60. The molecule has 1 heterocycles. The zero-order valence-corrected chi connectivity index (χ0v) is 16.8. The topological polar surface area (TPSA) is 67.4 Å². The van der Waals surface area contributed by atoms with E-state index in [9.17, 15) is 9.59 Å². The molecule has 0 aliphatic heterocycles. The molecule has 2 rings (SSSR count). The third-order valence-corrected chi connectivity index (χ3v) is 5.41. The number of hydrazine groups is 1. The van der Waals surface area contributed by atoms with Gasteiger partial charge < -0.3 is 4.74 Å². The van der Waals surface area contributed by atoms with E-state index in [1.54, 1.807) is 0 Å². The summed E-state index contributed by atoms with van der Waals surface area (Å²) in [6.07, 6.45) is 0.888. The number of amides is 2. The number of thiophene rings is 1. The molecule has 0 unspecified atom stereocenters. The van der Waals surface area contributed by atoms with Crippen LogP contribution < -0.4 is 15.6 Å². The quantitative estimate of drug-likeness (QED) is 0.754. The van der Waals surface area contributed by atoms with Crippen LogP contribution in [0.15, 0.2) is 24.3 Å². The smallest absolute Gasteiger partial charge is 0.279 e. The Balaban J connectivity index is 1.89. The Morgan fingerprint density at radius 3 is 2.50 bits per heavy atom. The van der Waals surface area contributed by atoms with Crippen molar-refractivity contribution in [2.24, 2.45) is 0 Å². The lowest BCUT2D eigenvalue weighted by molar-refractivity contribution is -0.123. The molecule has 26 heavy (non-hydrogen) atoms. The van der Waals surface area contributed by atoms with Gasteiger partial charge in [0.2, 0.25) is 0 Å². The molecule has 2 N–H and O–H groups in total. The van der Waals surface area contributed by atoms with E-state index in [1.807, 2.05) is 38.1 Å². The van der Waals surface area contributed by atoms with Gasteiger partial charge in [-0.25, -0.2) is 0 Å². The van der Waals surface area contributed by atoms with Crippen LogP contribution in [0, 0.1) is 13.8 Å². The number of carbonyl (C=O) groups excluding carboxylic acids is 2. The molecule has 0 fully saturated rings. The van der Waals surface area contributed by atoms with Crippen molar-refractivity contribution in [3.05, 3.63) is 50.7 Å². The molecule has 140 valence electrons. The molecule has 0 aliphatic carbocycles. The molecule has 0 radical (unpaired) electrons. The lowest BCUT2D eigenvalue weighted by atomic mass is 10.0. The van der Waals surface area contributed by atoms with Crippen LogP contribution in [-0.2, 0) is 11.2 Å². The highest BCUT2D eigenvalue weighted by Gasteiger charge is 2.14. The fourth-order valence-electron chi connectivity index (χ4n) is 2.59. The van der Waals surface area contributed by atoms with E-state index in [-0.39, 0.29) is 12.5 Å². The van der Waals surface area contributed by atoms with Gasteiger partial charge in [-0.05, 0) is 55.0 Å². The number of hydrogen-bond acceptors (Lipinski definition) is 4. The van der Waals surface area contributed by atoms with Crippen LogP contribution in [0.4, 0.5) is 0 Å². The predicted molar refractivity (Wildman–Crippen MR) is 105 cm³/mol. The van der Waals surface area contributed by atoms with Gasteiger partial charge >= 0.3 is 0 Å². The zero-order chi connectivity index (χ0) is 19.3. The molecule has 0 bridgehead atoms. The summed E-state index contributed by atoms with van der Waals surface area (Å²) in [6, 6.07) is 7.79. The highest BCUT2D eigenvalue weighted by molar-refractivity contribution is 7.14. The Labute approximate surface area is 158 Å². The Hall–Kier alpha value is -2.34. The molecule has 0 saturated carbocycles. The number of ether oxygens (including phenoxy) is 1. The van der Waals surface area contributed by atoms with E-state index in [0.29, 0.717) is 16.5 Å². The fraction of sp³-hybridized carbons (Fsp3) is 0.400. The average Bonchev–Trinajstić information content (AvgIpc) is 2.98. The van der Waals surface area contributed by atoms with Crippen molar-refractivity contribution >= 4 is 23.2 Å². The third kappa shape index (κ3) is 5.08. The first-order valence-corrected chi connectivity index (χ1v) is 9.55. The van der Waals surface area contributed by atoms with E-state index >= 15 is 0 Å². The highest BCUT2D eigenvalue weighted by atomic mass is 32.1. The number of benzene rings is 1. The van der Waals surface area contributed by atoms with E-state index in [0.717, 1.165) is 23.1 Å². The second-order valence-electron chi connectivity index (χ2n) is 6.56. The molecule has 0 atom stereocenters. The molecule has 0 spiro atoms. The van der Waals surface area contributed by atoms with Crippen molar-refractivity contribution in [2.45, 2.75) is 47.0 Å². The van der Waals surface area contributed by atoms with Crippen LogP contribution in [0.1, 0.15) is 57.9 Å². The summed E-state index contributed by atoms with van der Waals surface area (Å²) >= 11 is 1.44. The van der Waals surface area contributed by atoms with Gasteiger partial charge in [0.1, 0.15) is 5.75 Å². The second kappa shape index (κ2) is 8.85. The molecule has 0 aliphatic rings. The third-order valence-electron chi connectivity index (χ3n) is 4.03. The Kier molecular flexibility index (Phi) is 6.80. The summed E-state index contributed by atoms with van der Waals surface area (Å²) in [5, 5.41) is 0. The lowest BCUT2D eigenvalue weighted by Gasteiger charge is -2.15. The van der Waals surface area contributed by atoms with E-state index < -0.39 is 5.91 Å². The lowest BCUT2D eigenvalue weighted by Crippen LogP contribution is -2.43. The predicted octanol–water partition coefficient (Wildman–Crippen LogP) is 3.89. The maximum atomic E-state index is 12.1. The Morgan fingerprint density at radius 1 is 1.15 bits per heavy atom. The SMILES string of the molecule is CCc1sc(C(=O)NNC(=O)COc2cc(C)ccc2C(C)C)cc1C. The highest BCUT2D eigenvalue weighted by Crippen LogP contribution is 2.27. The van der Waals surface area contributed by atoms with E-state index in [2.05, 4.69) is 31.6 Å². The molecule has 6 heteroatoms. The number of aryl methyl sites for hydroxylation is 3. The Morgan fingerprint density at radius 2 is 1.88 bits per heavy atom. The van der Waals surface area contributed by atoms with Crippen LogP contribution >= 0.6 is 11.3 Å². The van der Waals surface area contributed by atoms with Gasteiger partial charge in [-0.2, -0.15) is 0 Å². The molecular formula is C20H26N2O3S. The van der Waals surface area contributed by atoms with Gasteiger partial charge in [0, 0.05) is 4.88 Å². The number of nitrogens with one attached hydrogen (secondary N) is 2. The van der Waals surface area contributed by atoms with Crippen molar-refractivity contribution in [3.63, 3.8) is 0 Å². The first kappa shape index (κ1) is 20.0. The summed E-state index contributed by atoms with van der Waals surface area (Å²) in [4.78, 5) is 25.9. The number of hydrogen-bond donors (Lipinski definition) is 2. The summed E-state index contributed by atoms with van der Waals surface area (Å²) in [5.74, 6) is 0.272. The van der Waals surface area contributed by atoms with Crippen molar-refractivity contribution in [3.8, 4) is 5.75 Å². The molecule has 1 aromatic carbocycles. The summed E-state index contributed by atoms with van der Waals surface area (Å²) < 4.78 is 5.66. The monoisotopic (exact) mass is 374 g/mol. The summed E-state index contributed by atoms with van der Waals surface area (Å²) in [7, 11) is 0. The standard InChI is InChI=1S/C20H26N2O3S/c1-6-17-14(5)10-18(26-17)20(24)22-21-19(23)11-25-16-9-13(4)7-8-15(16)12(2)3/h7-10,12H,6,11H2,1-5H3,(H,21,23)(H,22,24). The molecule has 5 nitrogen and oxygen atoms in total. The number of rotatable bonds is 6. The minimum Gasteiger partial charge on any atom is -0.483 e. The summed E-state index contributed by atoms with van der Waals surface area (Å²) in [6.45, 7) is 10.00. The van der Waals surface area contributed by atoms with Crippen molar-refractivity contribution in [1.82, 2.24) is 10.9 Å². The second-order valence-corrected chi connectivity index (χ2v) is 7.69. The Bertz CT molecular complexity index is 796. The normalized spacial score (nSPS) is 10.7. The average molecular weight is 375 g/mol. The first-order chi connectivity index (χ1) is 12.3. The van der Waals surface area contributed by atoms with Crippen molar-refractivity contribution in [1.29, 1.82) is 0 Å². The van der Waals surface area contributed by atoms with Crippen LogP contribution in [0.5, 0.6) is 5.75 Å². The van der Waals surface area contributed by atoms with Crippen molar-refractivity contribution in [2.75, 3.05) is 6.61 Å². The van der Waals surface area contributed by atoms with E-state index in [4.69, 9.17) is 4.74 Å². The molecule has 2 aromatic rings. The van der Waals surface area contributed by atoms with Gasteiger partial charge in [0.05, 0.1) is 4.88 Å². The minimum atomic E-state index is -0.404. The molecule has 0 saturated heterocycles. The van der Waals surface area contributed by atoms with Gasteiger partial charge in [-0.1, -0.05) is 32.9 Å². The van der Waals surface area contributed by atoms with Crippen LogP contribution in [0.2, 0.25) is 0 Å². The number of carbonyl (C=O) groups is 2. The minimum absolute atomic E-state index is 0.160. The molecule has 1 aromatic heterocycles. The maximum absolute atomic E-state index is 12.1. The van der Waals surface area contributed by atoms with Gasteiger partial charge in [-0.15, -0.1) is 11.3 Å². The van der Waals surface area contributed by atoms with E-state index in [1.165, 1.54) is 16.2 Å². The first-order valence-electron chi connectivity index (χ1n) is 8.73. The van der Waals surface area contributed by atoms with Gasteiger partial charge in [0.15, 0.2) is 6.61 Å². The zero-order valence-electron chi connectivity index (χ0n) is 15.9. The summed E-state index contributed by atoms with van der Waals surface area (Å²) in [5.41, 5.74) is 8.06.